The summed E-state index contributed by atoms with van der Waals surface area (Å²) in [4.78, 5) is 24.7. The van der Waals surface area contributed by atoms with E-state index in [9.17, 15) is 9.59 Å². The van der Waals surface area contributed by atoms with Gasteiger partial charge >= 0.3 is 0 Å². The number of carbonyl (C=O) groups excluding carboxylic acids is 2. The van der Waals surface area contributed by atoms with Crippen molar-refractivity contribution in [3.63, 3.8) is 0 Å². The summed E-state index contributed by atoms with van der Waals surface area (Å²) in [5.74, 6) is 0.891. The first-order chi connectivity index (χ1) is 10.0. The van der Waals surface area contributed by atoms with Crippen LogP contribution in [0.4, 0.5) is 4.79 Å². The molecule has 3 rings (SSSR count). The van der Waals surface area contributed by atoms with Crippen LogP contribution in [0, 0.1) is 0 Å². The number of thioether (sulfide) groups is 1. The second kappa shape index (κ2) is 5.42. The highest BCUT2D eigenvalue weighted by molar-refractivity contribution is 8.18. The van der Waals surface area contributed by atoms with Crippen molar-refractivity contribution in [1.29, 1.82) is 0 Å². The molecule has 1 aromatic heterocycles. The van der Waals surface area contributed by atoms with Gasteiger partial charge < -0.3 is 4.42 Å². The minimum Gasteiger partial charge on any atom is -0.457 e. The van der Waals surface area contributed by atoms with E-state index in [1.807, 2.05) is 18.2 Å². The third-order valence-electron chi connectivity index (χ3n) is 3.02. The number of hydrogen-bond donors (Lipinski definition) is 0. The van der Waals surface area contributed by atoms with E-state index in [0.717, 1.165) is 22.2 Å². The van der Waals surface area contributed by atoms with Gasteiger partial charge in [-0.25, -0.2) is 0 Å². The number of furan rings is 1. The fourth-order valence-corrected chi connectivity index (χ4v) is 2.81. The normalized spacial score (nSPS) is 17.0. The average Bonchev–Trinajstić information content (AvgIpc) is 3.02. The van der Waals surface area contributed by atoms with Crippen molar-refractivity contribution in [2.75, 3.05) is 7.05 Å². The van der Waals surface area contributed by atoms with Crippen LogP contribution >= 0.6 is 23.4 Å². The minimum atomic E-state index is -0.311. The number of carbonyl (C=O) groups is 2. The van der Waals surface area contributed by atoms with E-state index in [1.165, 1.54) is 7.05 Å². The van der Waals surface area contributed by atoms with E-state index >= 15 is 0 Å². The van der Waals surface area contributed by atoms with Crippen molar-refractivity contribution in [2.45, 2.75) is 0 Å². The molecule has 2 heterocycles. The quantitative estimate of drug-likeness (QED) is 0.776. The number of likely N-dealkylation sites (N-methyl/N-ethyl adjacent to an activating group) is 1. The van der Waals surface area contributed by atoms with Gasteiger partial charge in [-0.3, -0.25) is 14.5 Å². The maximum absolute atomic E-state index is 11.8. The number of benzene rings is 1. The summed E-state index contributed by atoms with van der Waals surface area (Å²) in [6.07, 6.45) is 1.58. The first-order valence-electron chi connectivity index (χ1n) is 6.12. The van der Waals surface area contributed by atoms with Crippen LogP contribution in [0.3, 0.4) is 0 Å². The molecular weight excluding hydrogens is 310 g/mol. The molecule has 0 N–H and O–H groups in total. The van der Waals surface area contributed by atoms with Crippen molar-refractivity contribution in [2.24, 2.45) is 0 Å². The molecule has 2 amide bonds. The SMILES string of the molecule is CN1C(=O)S/C(=C\c2ccc(-c3ccc(Cl)cc3)o2)C1=O. The van der Waals surface area contributed by atoms with Crippen molar-refractivity contribution in [1.82, 2.24) is 4.90 Å². The Hall–Kier alpha value is -1.98. The van der Waals surface area contributed by atoms with Crippen molar-refractivity contribution in [3.8, 4) is 11.3 Å². The molecule has 0 bridgehead atoms. The van der Waals surface area contributed by atoms with Gasteiger partial charge in [0, 0.05) is 23.7 Å². The number of nitrogens with zero attached hydrogens (tertiary/aromatic N) is 1. The van der Waals surface area contributed by atoms with Crippen LogP contribution < -0.4 is 0 Å². The molecule has 0 atom stereocenters. The molecular formula is C15H10ClNO3S. The Morgan fingerprint density at radius 3 is 2.48 bits per heavy atom. The van der Waals surface area contributed by atoms with Gasteiger partial charge in [0.25, 0.3) is 11.1 Å². The van der Waals surface area contributed by atoms with Crippen LogP contribution in [0.2, 0.25) is 5.02 Å². The Kier molecular flexibility index (Phi) is 3.61. The molecule has 0 radical (unpaired) electrons. The fourth-order valence-electron chi connectivity index (χ4n) is 1.87. The second-order valence-electron chi connectivity index (χ2n) is 4.45. The monoisotopic (exact) mass is 319 g/mol. The molecule has 1 aromatic carbocycles. The lowest BCUT2D eigenvalue weighted by Crippen LogP contribution is -2.22. The zero-order valence-corrected chi connectivity index (χ0v) is 12.6. The van der Waals surface area contributed by atoms with Crippen LogP contribution in [0.25, 0.3) is 17.4 Å². The van der Waals surface area contributed by atoms with E-state index in [4.69, 9.17) is 16.0 Å². The molecule has 0 saturated carbocycles. The number of hydrogen-bond acceptors (Lipinski definition) is 4. The highest BCUT2D eigenvalue weighted by atomic mass is 35.5. The summed E-state index contributed by atoms with van der Waals surface area (Å²) < 4.78 is 5.68. The Morgan fingerprint density at radius 1 is 1.14 bits per heavy atom. The lowest BCUT2D eigenvalue weighted by molar-refractivity contribution is -0.121. The van der Waals surface area contributed by atoms with Gasteiger partial charge in [-0.2, -0.15) is 0 Å². The van der Waals surface area contributed by atoms with Crippen molar-refractivity contribution < 1.29 is 14.0 Å². The standard InChI is InChI=1S/C15H10ClNO3S/c1-17-14(18)13(21-15(17)19)8-11-6-7-12(20-11)9-2-4-10(16)5-3-9/h2-8H,1H3/b13-8-. The molecule has 0 spiro atoms. The van der Waals surface area contributed by atoms with Crippen LogP contribution in [-0.4, -0.2) is 23.1 Å². The molecule has 106 valence electrons. The van der Waals surface area contributed by atoms with Crippen LogP contribution in [0.15, 0.2) is 45.7 Å². The molecule has 4 nitrogen and oxygen atoms in total. The van der Waals surface area contributed by atoms with Gasteiger partial charge in [0.05, 0.1) is 4.91 Å². The van der Waals surface area contributed by atoms with E-state index < -0.39 is 0 Å². The van der Waals surface area contributed by atoms with Crippen LogP contribution in [-0.2, 0) is 4.79 Å². The van der Waals surface area contributed by atoms with E-state index in [-0.39, 0.29) is 11.1 Å². The Labute approximate surface area is 130 Å². The van der Waals surface area contributed by atoms with Gasteiger partial charge in [0.15, 0.2) is 0 Å². The molecule has 1 fully saturated rings. The lowest BCUT2D eigenvalue weighted by Gasteiger charge is -2.00. The summed E-state index contributed by atoms with van der Waals surface area (Å²) in [5.41, 5.74) is 0.891. The maximum Gasteiger partial charge on any atom is 0.293 e. The van der Waals surface area contributed by atoms with Crippen molar-refractivity contribution >= 4 is 40.6 Å². The van der Waals surface area contributed by atoms with Gasteiger partial charge in [-0.05, 0) is 48.2 Å². The zero-order chi connectivity index (χ0) is 15.0. The fraction of sp³-hybridized carbons (Fsp3) is 0.0667. The van der Waals surface area contributed by atoms with E-state index in [1.54, 1.807) is 24.3 Å². The Balaban J connectivity index is 1.87. The van der Waals surface area contributed by atoms with Crippen LogP contribution in [0.1, 0.15) is 5.76 Å². The molecule has 0 unspecified atom stereocenters. The number of amides is 2. The van der Waals surface area contributed by atoms with Crippen LogP contribution in [0.5, 0.6) is 0 Å². The highest BCUT2D eigenvalue weighted by Gasteiger charge is 2.32. The first kappa shape index (κ1) is 14.0. The van der Waals surface area contributed by atoms with Gasteiger partial charge in [0.2, 0.25) is 0 Å². The first-order valence-corrected chi connectivity index (χ1v) is 7.31. The zero-order valence-electron chi connectivity index (χ0n) is 11.0. The van der Waals surface area contributed by atoms with Gasteiger partial charge in [0.1, 0.15) is 11.5 Å². The molecule has 1 aliphatic rings. The summed E-state index contributed by atoms with van der Waals surface area (Å²) >= 11 is 6.75. The highest BCUT2D eigenvalue weighted by Crippen LogP contribution is 2.32. The summed E-state index contributed by atoms with van der Waals surface area (Å²) in [6, 6.07) is 10.8. The van der Waals surface area contributed by atoms with Gasteiger partial charge in [-0.15, -0.1) is 0 Å². The molecule has 2 aromatic rings. The number of halogens is 1. The maximum atomic E-state index is 11.8. The summed E-state index contributed by atoms with van der Waals surface area (Å²) in [6.45, 7) is 0. The lowest BCUT2D eigenvalue weighted by atomic mass is 10.2. The van der Waals surface area contributed by atoms with E-state index in [2.05, 4.69) is 0 Å². The second-order valence-corrected chi connectivity index (χ2v) is 5.88. The predicted molar refractivity (Wildman–Crippen MR) is 82.9 cm³/mol. The summed E-state index contributed by atoms with van der Waals surface area (Å²) in [7, 11) is 1.46. The smallest absolute Gasteiger partial charge is 0.293 e. The molecule has 0 aliphatic carbocycles. The largest absolute Gasteiger partial charge is 0.457 e. The third-order valence-corrected chi connectivity index (χ3v) is 4.23. The van der Waals surface area contributed by atoms with Crippen molar-refractivity contribution in [3.05, 3.63) is 52.1 Å². The minimum absolute atomic E-state index is 0.282. The van der Waals surface area contributed by atoms with Gasteiger partial charge in [-0.1, -0.05) is 11.6 Å². The molecule has 6 heteroatoms. The number of rotatable bonds is 2. The molecule has 1 saturated heterocycles. The number of imide groups is 1. The average molecular weight is 320 g/mol. The summed E-state index contributed by atoms with van der Waals surface area (Å²) in [5, 5.41) is 0.373. The predicted octanol–water partition coefficient (Wildman–Crippen LogP) is 4.27. The van der Waals surface area contributed by atoms with E-state index in [0.29, 0.717) is 21.4 Å². The topological polar surface area (TPSA) is 50.5 Å². The Morgan fingerprint density at radius 2 is 1.86 bits per heavy atom. The Bertz CT molecular complexity index is 749. The third kappa shape index (κ3) is 2.75. The molecule has 1 aliphatic heterocycles. The molecule has 21 heavy (non-hydrogen) atoms.